The van der Waals surface area contributed by atoms with Crippen LogP contribution in [0.1, 0.15) is 6.92 Å². The lowest BCUT2D eigenvalue weighted by molar-refractivity contribution is 0.184. The second kappa shape index (κ2) is 7.09. The lowest BCUT2D eigenvalue weighted by atomic mass is 10.2. The van der Waals surface area contributed by atoms with E-state index in [0.29, 0.717) is 29.8 Å². The van der Waals surface area contributed by atoms with Crippen molar-refractivity contribution in [1.29, 1.82) is 0 Å². The van der Waals surface area contributed by atoms with Crippen LogP contribution in [0.25, 0.3) is 10.2 Å². The topological polar surface area (TPSA) is 61.4 Å². The number of nitrogens with one attached hydrogen (secondary N) is 1. The molecule has 1 aliphatic rings. The molecule has 2 amide bonds. The molecule has 26 heavy (non-hydrogen) atoms. The maximum atomic E-state index is 12.7. The molecule has 0 bridgehead atoms. The molecule has 0 unspecified atom stereocenters. The molecule has 2 aromatic heterocycles. The molecule has 134 valence electrons. The van der Waals surface area contributed by atoms with E-state index in [1.165, 1.54) is 11.3 Å². The van der Waals surface area contributed by atoms with Gasteiger partial charge in [-0.1, -0.05) is 35.1 Å². The average Bonchev–Trinajstić information content (AvgIpc) is 3.04. The molecule has 1 atom stereocenters. The fourth-order valence-electron chi connectivity index (χ4n) is 3.15. The van der Waals surface area contributed by atoms with E-state index in [1.807, 2.05) is 48.2 Å². The van der Waals surface area contributed by atoms with Gasteiger partial charge in [-0.25, -0.2) is 14.8 Å². The quantitative estimate of drug-likeness (QED) is 0.719. The highest BCUT2D eigenvalue weighted by atomic mass is 35.5. The van der Waals surface area contributed by atoms with Crippen LogP contribution in [0.5, 0.6) is 0 Å². The van der Waals surface area contributed by atoms with Crippen molar-refractivity contribution in [2.45, 2.75) is 13.0 Å². The van der Waals surface area contributed by atoms with Gasteiger partial charge in [0.05, 0.1) is 15.2 Å². The number of hydrogen-bond acceptors (Lipinski definition) is 5. The Bertz CT molecular complexity index is 913. The van der Waals surface area contributed by atoms with Gasteiger partial charge in [-0.05, 0) is 31.2 Å². The van der Waals surface area contributed by atoms with Gasteiger partial charge in [0.15, 0.2) is 5.13 Å². The number of carbonyl (C=O) groups is 1. The normalized spacial score (nSPS) is 17.5. The number of urea groups is 1. The Morgan fingerprint density at radius 3 is 2.88 bits per heavy atom. The molecule has 3 heterocycles. The van der Waals surface area contributed by atoms with Crippen LogP contribution in [0, 0.1) is 0 Å². The zero-order chi connectivity index (χ0) is 18.1. The molecule has 0 saturated carbocycles. The van der Waals surface area contributed by atoms with Gasteiger partial charge in [0.25, 0.3) is 0 Å². The van der Waals surface area contributed by atoms with Gasteiger partial charge in [-0.15, -0.1) is 0 Å². The molecule has 1 N–H and O–H groups in total. The first kappa shape index (κ1) is 17.1. The van der Waals surface area contributed by atoms with E-state index in [4.69, 9.17) is 11.6 Å². The first-order valence-electron chi connectivity index (χ1n) is 8.40. The van der Waals surface area contributed by atoms with Crippen molar-refractivity contribution in [3.05, 3.63) is 47.6 Å². The minimum Gasteiger partial charge on any atom is -0.352 e. The van der Waals surface area contributed by atoms with Crippen molar-refractivity contribution in [3.8, 4) is 0 Å². The number of fused-ring (bicyclic) bond motifs is 1. The number of rotatable bonds is 2. The highest BCUT2D eigenvalue weighted by molar-refractivity contribution is 7.22. The third-order valence-corrected chi connectivity index (χ3v) is 5.68. The van der Waals surface area contributed by atoms with Crippen LogP contribution in [-0.2, 0) is 0 Å². The van der Waals surface area contributed by atoms with Gasteiger partial charge in [-0.3, -0.25) is 5.32 Å². The van der Waals surface area contributed by atoms with E-state index in [-0.39, 0.29) is 12.1 Å². The maximum absolute atomic E-state index is 12.7. The molecule has 0 spiro atoms. The molecule has 0 radical (unpaired) electrons. The van der Waals surface area contributed by atoms with Crippen LogP contribution in [0.2, 0.25) is 5.02 Å². The molecule has 3 aromatic rings. The predicted molar refractivity (Wildman–Crippen MR) is 106 cm³/mol. The summed E-state index contributed by atoms with van der Waals surface area (Å²) in [6.45, 7) is 4.00. The number of carbonyl (C=O) groups excluding carboxylic acids is 1. The Labute approximate surface area is 160 Å². The molecule has 1 saturated heterocycles. The summed E-state index contributed by atoms with van der Waals surface area (Å²) in [6.07, 6.45) is 1.73. The monoisotopic (exact) mass is 387 g/mol. The SMILES string of the molecule is C[C@@H]1CN(c2ncccc2Cl)CCN1C(=O)Nc1nc2ccccc2s1. The van der Waals surface area contributed by atoms with Crippen LogP contribution in [-0.4, -0.2) is 46.6 Å². The molecule has 1 aliphatic heterocycles. The van der Waals surface area contributed by atoms with Crippen molar-refractivity contribution in [3.63, 3.8) is 0 Å². The Balaban J connectivity index is 1.44. The largest absolute Gasteiger partial charge is 0.352 e. The third kappa shape index (κ3) is 3.32. The molecule has 4 rings (SSSR count). The maximum Gasteiger partial charge on any atom is 0.324 e. The molecular weight excluding hydrogens is 370 g/mol. The van der Waals surface area contributed by atoms with Crippen molar-refractivity contribution in [2.24, 2.45) is 0 Å². The summed E-state index contributed by atoms with van der Waals surface area (Å²) in [4.78, 5) is 25.5. The first-order chi connectivity index (χ1) is 12.6. The highest BCUT2D eigenvalue weighted by Gasteiger charge is 2.29. The zero-order valence-electron chi connectivity index (χ0n) is 14.2. The van der Waals surface area contributed by atoms with Gasteiger partial charge < -0.3 is 9.80 Å². The fourth-order valence-corrected chi connectivity index (χ4v) is 4.25. The molecular formula is C18H18ClN5OS. The van der Waals surface area contributed by atoms with Crippen molar-refractivity contribution in [2.75, 3.05) is 29.9 Å². The van der Waals surface area contributed by atoms with E-state index in [1.54, 1.807) is 6.20 Å². The van der Waals surface area contributed by atoms with Crippen LogP contribution in [0.4, 0.5) is 15.7 Å². The lowest BCUT2D eigenvalue weighted by Gasteiger charge is -2.40. The van der Waals surface area contributed by atoms with E-state index < -0.39 is 0 Å². The summed E-state index contributed by atoms with van der Waals surface area (Å²) in [5.41, 5.74) is 0.899. The number of nitrogens with zero attached hydrogens (tertiary/aromatic N) is 4. The number of thiazole rings is 1. The van der Waals surface area contributed by atoms with E-state index >= 15 is 0 Å². The Morgan fingerprint density at radius 1 is 1.27 bits per heavy atom. The van der Waals surface area contributed by atoms with Gasteiger partial charge in [0.1, 0.15) is 5.82 Å². The van der Waals surface area contributed by atoms with Crippen LogP contribution in [0.15, 0.2) is 42.6 Å². The number of anilines is 2. The predicted octanol–water partition coefficient (Wildman–Crippen LogP) is 4.09. The van der Waals surface area contributed by atoms with Gasteiger partial charge in [0.2, 0.25) is 0 Å². The zero-order valence-corrected chi connectivity index (χ0v) is 15.8. The number of piperazine rings is 1. The van der Waals surface area contributed by atoms with Gasteiger partial charge in [-0.2, -0.15) is 0 Å². The van der Waals surface area contributed by atoms with E-state index in [0.717, 1.165) is 16.0 Å². The molecule has 0 aliphatic carbocycles. The van der Waals surface area contributed by atoms with Crippen molar-refractivity contribution in [1.82, 2.24) is 14.9 Å². The number of benzene rings is 1. The standard InChI is InChI=1S/C18H18ClN5OS/c1-12-11-23(16-13(19)5-4-8-20-16)9-10-24(12)18(25)22-17-21-14-6-2-3-7-15(14)26-17/h2-8,12H,9-11H2,1H3,(H,21,22,25)/t12-/m1/s1. The van der Waals surface area contributed by atoms with E-state index in [2.05, 4.69) is 20.2 Å². The van der Waals surface area contributed by atoms with Crippen LogP contribution < -0.4 is 10.2 Å². The second-order valence-corrected chi connectivity index (χ2v) is 7.65. The van der Waals surface area contributed by atoms with Crippen LogP contribution in [0.3, 0.4) is 0 Å². The van der Waals surface area contributed by atoms with Gasteiger partial charge >= 0.3 is 6.03 Å². The smallest absolute Gasteiger partial charge is 0.324 e. The Kier molecular flexibility index (Phi) is 4.65. The van der Waals surface area contributed by atoms with Gasteiger partial charge in [0, 0.05) is 31.9 Å². The summed E-state index contributed by atoms with van der Waals surface area (Å²) >= 11 is 7.73. The molecule has 6 nitrogen and oxygen atoms in total. The number of hydrogen-bond donors (Lipinski definition) is 1. The number of pyridine rings is 1. The molecule has 1 fully saturated rings. The number of halogens is 1. The summed E-state index contributed by atoms with van der Waals surface area (Å²) in [7, 11) is 0. The summed E-state index contributed by atoms with van der Waals surface area (Å²) < 4.78 is 1.06. The Morgan fingerprint density at radius 2 is 2.12 bits per heavy atom. The summed E-state index contributed by atoms with van der Waals surface area (Å²) in [5.74, 6) is 0.771. The minimum absolute atomic E-state index is 0.0381. The number of amides is 2. The first-order valence-corrected chi connectivity index (χ1v) is 9.60. The van der Waals surface area contributed by atoms with E-state index in [9.17, 15) is 4.79 Å². The number of para-hydroxylation sites is 1. The number of aromatic nitrogens is 2. The molecule has 1 aromatic carbocycles. The summed E-state index contributed by atoms with van der Waals surface area (Å²) in [6, 6.07) is 11.4. The van der Waals surface area contributed by atoms with Crippen molar-refractivity contribution >= 4 is 50.1 Å². The Hall–Kier alpha value is -2.38. The summed E-state index contributed by atoms with van der Waals surface area (Å²) in [5, 5.41) is 4.19. The minimum atomic E-state index is -0.122. The van der Waals surface area contributed by atoms with Crippen molar-refractivity contribution < 1.29 is 4.79 Å². The third-order valence-electron chi connectivity index (χ3n) is 4.43. The molecule has 8 heteroatoms. The average molecular weight is 388 g/mol. The highest BCUT2D eigenvalue weighted by Crippen LogP contribution is 2.27. The fraction of sp³-hybridized carbons (Fsp3) is 0.278. The van der Waals surface area contributed by atoms with Crippen LogP contribution >= 0.6 is 22.9 Å². The lowest BCUT2D eigenvalue weighted by Crippen LogP contribution is -2.55. The second-order valence-electron chi connectivity index (χ2n) is 6.21.